The van der Waals surface area contributed by atoms with E-state index in [1.807, 2.05) is 0 Å². The minimum absolute atomic E-state index is 0.280. The second-order valence-electron chi connectivity index (χ2n) is 1.64. The van der Waals surface area contributed by atoms with E-state index in [-0.39, 0.29) is 5.82 Å². The molecule has 1 heterocycles. The summed E-state index contributed by atoms with van der Waals surface area (Å²) in [4.78, 5) is 19.5. The summed E-state index contributed by atoms with van der Waals surface area (Å²) < 4.78 is 0. The predicted molar refractivity (Wildman–Crippen MR) is 35.1 cm³/mol. The molecule has 0 aliphatic carbocycles. The maximum atomic E-state index is 10.1. The van der Waals surface area contributed by atoms with Crippen molar-refractivity contribution < 1.29 is 10.1 Å². The van der Waals surface area contributed by atoms with E-state index in [2.05, 4.69) is 20.1 Å². The summed E-state index contributed by atoms with van der Waals surface area (Å²) >= 11 is 0. The third-order valence-corrected chi connectivity index (χ3v) is 0.961. The quantitative estimate of drug-likeness (QED) is 0.195. The number of hydrogen-bond acceptors (Lipinski definition) is 7. The van der Waals surface area contributed by atoms with Gasteiger partial charge in [-0.05, 0) is 4.92 Å². The SMILES string of the molecule is O=[N+]([O-])C(=NO)c1ncncn1. The highest BCUT2D eigenvalue weighted by Gasteiger charge is 2.19. The zero-order valence-corrected chi connectivity index (χ0v) is 5.65. The monoisotopic (exact) mass is 169 g/mol. The van der Waals surface area contributed by atoms with Crippen molar-refractivity contribution in [3.8, 4) is 0 Å². The van der Waals surface area contributed by atoms with Crippen LogP contribution in [0.15, 0.2) is 17.8 Å². The van der Waals surface area contributed by atoms with Gasteiger partial charge in [-0.15, -0.1) is 0 Å². The van der Waals surface area contributed by atoms with Gasteiger partial charge in [-0.3, -0.25) is 0 Å². The van der Waals surface area contributed by atoms with Crippen LogP contribution in [0.5, 0.6) is 0 Å². The van der Waals surface area contributed by atoms with Gasteiger partial charge in [-0.2, -0.15) is 0 Å². The summed E-state index contributed by atoms with van der Waals surface area (Å²) in [5.74, 6) is -1.09. The molecule has 62 valence electrons. The maximum Gasteiger partial charge on any atom is 0.454 e. The molecule has 0 spiro atoms. The lowest BCUT2D eigenvalue weighted by atomic mass is 10.5. The Balaban J connectivity index is 3.05. The van der Waals surface area contributed by atoms with Gasteiger partial charge >= 0.3 is 5.84 Å². The molecule has 0 radical (unpaired) electrons. The van der Waals surface area contributed by atoms with Crippen molar-refractivity contribution in [1.29, 1.82) is 0 Å². The van der Waals surface area contributed by atoms with E-state index in [4.69, 9.17) is 5.21 Å². The minimum Gasteiger partial charge on any atom is -0.358 e. The molecule has 0 unspecified atom stereocenters. The molecular formula is C4H3N5O3. The molecule has 0 saturated carbocycles. The van der Waals surface area contributed by atoms with Crippen LogP contribution < -0.4 is 0 Å². The topological polar surface area (TPSA) is 114 Å². The van der Waals surface area contributed by atoms with Crippen LogP contribution in [0.2, 0.25) is 0 Å². The Kier molecular flexibility index (Phi) is 2.21. The van der Waals surface area contributed by atoms with E-state index < -0.39 is 10.8 Å². The van der Waals surface area contributed by atoms with Crippen molar-refractivity contribution >= 4 is 5.84 Å². The Labute approximate surface area is 65.8 Å². The van der Waals surface area contributed by atoms with Gasteiger partial charge in [0.1, 0.15) is 12.7 Å². The Hall–Kier alpha value is -2.12. The normalized spacial score (nSPS) is 11.2. The Morgan fingerprint density at radius 3 is 2.58 bits per heavy atom. The molecule has 1 aromatic heterocycles. The van der Waals surface area contributed by atoms with E-state index >= 15 is 0 Å². The largest absolute Gasteiger partial charge is 0.454 e. The van der Waals surface area contributed by atoms with Crippen LogP contribution in [0.25, 0.3) is 0 Å². The number of nitrogens with zero attached hydrogens (tertiary/aromatic N) is 5. The van der Waals surface area contributed by atoms with Crippen LogP contribution in [0.4, 0.5) is 0 Å². The summed E-state index contributed by atoms with van der Waals surface area (Å²) in [7, 11) is 0. The standard InChI is InChI=1S/C4H3N5O3/c10-8-4(9(11)12)3-6-1-5-2-7-3/h1-2,10H. The average Bonchev–Trinajstić information content (AvgIpc) is 2.07. The lowest BCUT2D eigenvalue weighted by molar-refractivity contribution is -0.351. The lowest BCUT2D eigenvalue weighted by Gasteiger charge is -1.92. The summed E-state index contributed by atoms with van der Waals surface area (Å²) in [5.41, 5.74) is 0. The van der Waals surface area contributed by atoms with Crippen LogP contribution in [0.3, 0.4) is 0 Å². The molecule has 0 amide bonds. The number of oxime groups is 1. The fourth-order valence-corrected chi connectivity index (χ4v) is 0.518. The van der Waals surface area contributed by atoms with Crippen LogP contribution >= 0.6 is 0 Å². The van der Waals surface area contributed by atoms with Crippen molar-refractivity contribution in [1.82, 2.24) is 15.0 Å². The maximum absolute atomic E-state index is 10.1. The smallest absolute Gasteiger partial charge is 0.358 e. The fourth-order valence-electron chi connectivity index (χ4n) is 0.518. The Morgan fingerprint density at radius 2 is 2.17 bits per heavy atom. The molecule has 0 aliphatic heterocycles. The second kappa shape index (κ2) is 3.32. The van der Waals surface area contributed by atoms with Crippen LogP contribution in [-0.2, 0) is 0 Å². The van der Waals surface area contributed by atoms with Gasteiger partial charge in [0.15, 0.2) is 5.16 Å². The van der Waals surface area contributed by atoms with E-state index in [1.165, 1.54) is 0 Å². The van der Waals surface area contributed by atoms with Crippen LogP contribution in [-0.4, -0.2) is 30.9 Å². The van der Waals surface area contributed by atoms with Crippen molar-refractivity contribution in [3.05, 3.63) is 28.6 Å². The molecule has 0 atom stereocenters. The zero-order valence-electron chi connectivity index (χ0n) is 5.65. The van der Waals surface area contributed by atoms with E-state index in [1.54, 1.807) is 0 Å². The molecule has 0 aromatic carbocycles. The van der Waals surface area contributed by atoms with Crippen molar-refractivity contribution in [2.75, 3.05) is 0 Å². The first-order valence-electron chi connectivity index (χ1n) is 2.74. The molecule has 1 rings (SSSR count). The number of hydrogen-bond donors (Lipinski definition) is 1. The fraction of sp³-hybridized carbons (Fsp3) is 0. The third kappa shape index (κ3) is 1.48. The summed E-state index contributed by atoms with van der Waals surface area (Å²) in [6.45, 7) is 0. The Bertz CT molecular complexity index is 310. The lowest BCUT2D eigenvalue weighted by Crippen LogP contribution is -2.16. The van der Waals surface area contributed by atoms with Gasteiger partial charge in [0.2, 0.25) is 0 Å². The summed E-state index contributed by atoms with van der Waals surface area (Å²) in [5, 5.41) is 20.8. The van der Waals surface area contributed by atoms with Gasteiger partial charge in [-0.25, -0.2) is 15.0 Å². The van der Waals surface area contributed by atoms with Gasteiger partial charge < -0.3 is 15.3 Å². The van der Waals surface area contributed by atoms with Gasteiger partial charge in [-0.1, -0.05) is 0 Å². The van der Waals surface area contributed by atoms with Crippen molar-refractivity contribution in [2.45, 2.75) is 0 Å². The molecule has 0 fully saturated rings. The van der Waals surface area contributed by atoms with E-state index in [9.17, 15) is 10.1 Å². The first-order valence-corrected chi connectivity index (χ1v) is 2.74. The van der Waals surface area contributed by atoms with Gasteiger partial charge in [0, 0.05) is 0 Å². The number of rotatable bonds is 1. The molecular weight excluding hydrogens is 166 g/mol. The van der Waals surface area contributed by atoms with Gasteiger partial charge in [0.05, 0.1) is 0 Å². The second-order valence-corrected chi connectivity index (χ2v) is 1.64. The molecule has 0 aliphatic rings. The zero-order chi connectivity index (χ0) is 8.97. The molecule has 0 bridgehead atoms. The Morgan fingerprint density at radius 1 is 1.58 bits per heavy atom. The van der Waals surface area contributed by atoms with Crippen molar-refractivity contribution in [3.63, 3.8) is 0 Å². The minimum atomic E-state index is -0.894. The highest BCUT2D eigenvalue weighted by molar-refractivity contribution is 5.87. The number of aromatic nitrogens is 3. The number of nitro groups is 1. The highest BCUT2D eigenvalue weighted by atomic mass is 16.6. The summed E-state index contributed by atoms with van der Waals surface area (Å²) in [6.07, 6.45) is 2.13. The summed E-state index contributed by atoms with van der Waals surface area (Å²) in [6, 6.07) is 0. The van der Waals surface area contributed by atoms with Crippen molar-refractivity contribution in [2.24, 2.45) is 5.16 Å². The molecule has 1 N–H and O–H groups in total. The van der Waals surface area contributed by atoms with E-state index in [0.717, 1.165) is 12.7 Å². The first-order chi connectivity index (χ1) is 5.75. The molecule has 1 aromatic rings. The van der Waals surface area contributed by atoms with Crippen LogP contribution in [0.1, 0.15) is 5.82 Å². The third-order valence-electron chi connectivity index (χ3n) is 0.961. The first kappa shape index (κ1) is 7.98. The average molecular weight is 169 g/mol. The van der Waals surface area contributed by atoms with Crippen LogP contribution in [0, 0.1) is 10.1 Å². The predicted octanol–water partition coefficient (Wildman–Crippen LogP) is -0.716. The van der Waals surface area contributed by atoms with E-state index in [0.29, 0.717) is 0 Å². The molecule has 12 heavy (non-hydrogen) atoms. The molecule has 8 nitrogen and oxygen atoms in total. The van der Waals surface area contributed by atoms with Gasteiger partial charge in [0.25, 0.3) is 5.82 Å². The highest BCUT2D eigenvalue weighted by Crippen LogP contribution is 1.90. The molecule has 0 saturated heterocycles. The molecule has 8 heteroatoms. The number of amidine groups is 1.